The molecule has 2 aromatic rings. The predicted molar refractivity (Wildman–Crippen MR) is 121 cm³/mol. The topological polar surface area (TPSA) is 50.4 Å². The van der Waals surface area contributed by atoms with Gasteiger partial charge in [0.05, 0.1) is 7.11 Å². The minimum absolute atomic E-state index is 0.0247. The van der Waals surface area contributed by atoms with Crippen molar-refractivity contribution in [2.45, 2.75) is 36.6 Å². The fourth-order valence-electron chi connectivity index (χ4n) is 5.62. The van der Waals surface area contributed by atoms with E-state index in [4.69, 9.17) is 16.3 Å². The zero-order valence-electron chi connectivity index (χ0n) is 17.2. The van der Waals surface area contributed by atoms with Crippen LogP contribution < -0.4 is 10.6 Å². The first kappa shape index (κ1) is 19.7. The van der Waals surface area contributed by atoms with Gasteiger partial charge in [0.1, 0.15) is 5.54 Å². The lowest BCUT2D eigenvalue weighted by molar-refractivity contribution is -0.147. The molecule has 30 heavy (non-hydrogen) atoms. The number of halogens is 1. The van der Waals surface area contributed by atoms with Crippen LogP contribution in [-0.4, -0.2) is 31.7 Å². The van der Waals surface area contributed by atoms with Crippen molar-refractivity contribution < 1.29 is 9.53 Å². The van der Waals surface area contributed by atoms with Gasteiger partial charge in [-0.3, -0.25) is 0 Å². The Kier molecular flexibility index (Phi) is 4.87. The van der Waals surface area contributed by atoms with Crippen LogP contribution in [-0.2, 0) is 14.9 Å². The Labute approximate surface area is 182 Å². The number of esters is 1. The number of anilines is 1. The van der Waals surface area contributed by atoms with Crippen LogP contribution in [0.4, 0.5) is 5.69 Å². The summed E-state index contributed by atoms with van der Waals surface area (Å²) in [5, 5.41) is 7.58. The largest absolute Gasteiger partial charge is 0.467 e. The molecule has 2 aromatic carbocycles. The number of fused-ring (bicyclic) bond motifs is 2. The zero-order valence-corrected chi connectivity index (χ0v) is 18.0. The van der Waals surface area contributed by atoms with E-state index in [9.17, 15) is 4.79 Å². The van der Waals surface area contributed by atoms with Crippen LogP contribution in [0.1, 0.15) is 36.8 Å². The summed E-state index contributed by atoms with van der Waals surface area (Å²) in [6.45, 7) is 2.09. The minimum atomic E-state index is -0.731. The molecule has 4 nitrogen and oxygen atoms in total. The van der Waals surface area contributed by atoms with Crippen molar-refractivity contribution in [2.75, 3.05) is 25.5 Å². The van der Waals surface area contributed by atoms with Crippen molar-refractivity contribution in [2.24, 2.45) is 5.92 Å². The number of nitrogens with one attached hydrogen (secondary N) is 2. The summed E-state index contributed by atoms with van der Waals surface area (Å²) in [5.41, 5.74) is 4.46. The molecule has 0 aromatic heterocycles. The molecule has 1 heterocycles. The molecule has 1 aliphatic heterocycles. The molecule has 0 amide bonds. The Balaban J connectivity index is 1.48. The highest BCUT2D eigenvalue weighted by Crippen LogP contribution is 2.56. The molecule has 5 heteroatoms. The summed E-state index contributed by atoms with van der Waals surface area (Å²) in [5.74, 6) is 0.392. The van der Waals surface area contributed by atoms with Crippen molar-refractivity contribution in [3.63, 3.8) is 0 Å². The van der Waals surface area contributed by atoms with Gasteiger partial charge in [-0.05, 0) is 55.0 Å². The lowest BCUT2D eigenvalue weighted by atomic mass is 9.60. The minimum Gasteiger partial charge on any atom is -0.467 e. The van der Waals surface area contributed by atoms with Crippen LogP contribution in [0.5, 0.6) is 0 Å². The molecule has 0 atom stereocenters. The van der Waals surface area contributed by atoms with Gasteiger partial charge in [-0.15, -0.1) is 0 Å². The summed E-state index contributed by atoms with van der Waals surface area (Å²) < 4.78 is 5.26. The number of hydrogen-bond acceptors (Lipinski definition) is 4. The smallest absolute Gasteiger partial charge is 0.331 e. The van der Waals surface area contributed by atoms with Gasteiger partial charge < -0.3 is 15.4 Å². The van der Waals surface area contributed by atoms with Gasteiger partial charge in [0.2, 0.25) is 0 Å². The third kappa shape index (κ3) is 3.05. The second kappa shape index (κ2) is 7.44. The van der Waals surface area contributed by atoms with E-state index in [1.54, 1.807) is 5.57 Å². The maximum absolute atomic E-state index is 13.0. The quantitative estimate of drug-likeness (QED) is 0.695. The maximum Gasteiger partial charge on any atom is 0.331 e. The van der Waals surface area contributed by atoms with Crippen molar-refractivity contribution in [3.05, 3.63) is 70.3 Å². The highest BCUT2D eigenvalue weighted by Gasteiger charge is 2.53. The third-order valence-corrected chi connectivity index (χ3v) is 7.54. The Hall–Kier alpha value is -2.30. The highest BCUT2D eigenvalue weighted by molar-refractivity contribution is 6.30. The Morgan fingerprint density at radius 3 is 2.53 bits per heavy atom. The molecule has 0 radical (unpaired) electrons. The van der Waals surface area contributed by atoms with Gasteiger partial charge in [-0.2, -0.15) is 0 Å². The van der Waals surface area contributed by atoms with Crippen LogP contribution in [0.3, 0.4) is 0 Å². The normalized spacial score (nSPS) is 27.9. The predicted octanol–water partition coefficient (Wildman–Crippen LogP) is 4.79. The van der Waals surface area contributed by atoms with Gasteiger partial charge in [-0.25, -0.2) is 4.79 Å². The Morgan fingerprint density at radius 1 is 1.10 bits per heavy atom. The number of carbonyl (C=O) groups is 1. The van der Waals surface area contributed by atoms with Crippen LogP contribution in [0.15, 0.2) is 54.1 Å². The molecule has 0 bridgehead atoms. The summed E-state index contributed by atoms with van der Waals surface area (Å²) in [6, 6.07) is 16.3. The lowest BCUT2D eigenvalue weighted by Gasteiger charge is -2.48. The SMILES string of the molecule is COC(=O)C1(Nc2cccc(Cl)c2)CCC2(CC1)C(C1CNC1)=Cc1ccccc12. The van der Waals surface area contributed by atoms with Crippen molar-refractivity contribution >= 4 is 29.3 Å². The van der Waals surface area contributed by atoms with Crippen molar-refractivity contribution in [3.8, 4) is 0 Å². The number of ether oxygens (including phenoxy) is 1. The average Bonchev–Trinajstić information content (AvgIpc) is 3.02. The molecule has 2 N–H and O–H groups in total. The van der Waals surface area contributed by atoms with Crippen molar-refractivity contribution in [1.29, 1.82) is 0 Å². The van der Waals surface area contributed by atoms with E-state index in [-0.39, 0.29) is 11.4 Å². The number of benzene rings is 2. The molecule has 156 valence electrons. The van der Waals surface area contributed by atoms with Crippen molar-refractivity contribution in [1.82, 2.24) is 5.32 Å². The Bertz CT molecular complexity index is 1000. The number of methoxy groups -OCH3 is 1. The second-order valence-electron chi connectivity index (χ2n) is 8.83. The molecule has 2 fully saturated rings. The monoisotopic (exact) mass is 422 g/mol. The summed E-state index contributed by atoms with van der Waals surface area (Å²) in [4.78, 5) is 13.0. The lowest BCUT2D eigenvalue weighted by Crippen LogP contribution is -2.54. The number of carbonyl (C=O) groups excluding carboxylic acids is 1. The number of rotatable bonds is 4. The fourth-order valence-corrected chi connectivity index (χ4v) is 5.81. The highest BCUT2D eigenvalue weighted by atomic mass is 35.5. The van der Waals surface area contributed by atoms with Crippen LogP contribution >= 0.6 is 11.6 Å². The summed E-state index contributed by atoms with van der Waals surface area (Å²) >= 11 is 6.18. The van der Waals surface area contributed by atoms with E-state index in [1.165, 1.54) is 18.2 Å². The summed E-state index contributed by atoms with van der Waals surface area (Å²) in [7, 11) is 1.48. The molecular formula is C25H27ClN2O2. The molecule has 2 aliphatic carbocycles. The molecule has 0 unspecified atom stereocenters. The average molecular weight is 423 g/mol. The second-order valence-corrected chi connectivity index (χ2v) is 9.27. The first-order valence-corrected chi connectivity index (χ1v) is 11.1. The van der Waals surface area contributed by atoms with Gasteiger partial charge in [0, 0.05) is 35.1 Å². The van der Waals surface area contributed by atoms with Gasteiger partial charge in [0.15, 0.2) is 0 Å². The zero-order chi connectivity index (χ0) is 20.8. The molecule has 1 saturated heterocycles. The van der Waals surface area contributed by atoms with Crippen LogP contribution in [0, 0.1) is 5.92 Å². The standard InChI is InChI=1S/C25H27ClN2O2/c1-30-23(29)25(28-20-7-4-6-19(26)14-20)11-9-24(10-12-25)21-8-3-2-5-17(21)13-22(24)18-15-27-16-18/h2-8,13-14,18,27-28H,9-12,15-16H2,1H3. The fraction of sp³-hybridized carbons (Fsp3) is 0.400. The van der Waals surface area contributed by atoms with E-state index in [2.05, 4.69) is 41.0 Å². The Morgan fingerprint density at radius 2 is 1.87 bits per heavy atom. The van der Waals surface area contributed by atoms with E-state index < -0.39 is 5.54 Å². The number of hydrogen-bond donors (Lipinski definition) is 2. The van der Waals surface area contributed by atoms with Gasteiger partial charge in [0.25, 0.3) is 0 Å². The van der Waals surface area contributed by atoms with Crippen LogP contribution in [0.2, 0.25) is 5.02 Å². The maximum atomic E-state index is 13.0. The van der Waals surface area contributed by atoms with E-state index in [0.717, 1.165) is 44.5 Å². The third-order valence-electron chi connectivity index (χ3n) is 7.30. The van der Waals surface area contributed by atoms with E-state index in [0.29, 0.717) is 10.9 Å². The molecule has 5 rings (SSSR count). The van der Waals surface area contributed by atoms with Gasteiger partial charge in [-0.1, -0.05) is 53.6 Å². The van der Waals surface area contributed by atoms with Gasteiger partial charge >= 0.3 is 5.97 Å². The molecular weight excluding hydrogens is 396 g/mol. The van der Waals surface area contributed by atoms with E-state index in [1.807, 2.05) is 24.3 Å². The molecule has 1 saturated carbocycles. The molecule has 1 spiro atoms. The van der Waals surface area contributed by atoms with E-state index >= 15 is 0 Å². The van der Waals surface area contributed by atoms with Crippen LogP contribution in [0.25, 0.3) is 6.08 Å². The first-order valence-electron chi connectivity index (χ1n) is 10.7. The first-order chi connectivity index (χ1) is 14.6. The summed E-state index contributed by atoms with van der Waals surface area (Å²) in [6.07, 6.45) is 5.70. The molecule has 3 aliphatic rings.